The van der Waals surface area contributed by atoms with Crippen LogP contribution in [0.5, 0.6) is 0 Å². The highest BCUT2D eigenvalue weighted by Crippen LogP contribution is 2.27. The summed E-state index contributed by atoms with van der Waals surface area (Å²) in [5.74, 6) is 0.852. The summed E-state index contributed by atoms with van der Waals surface area (Å²) in [7, 11) is 1.70. The highest BCUT2D eigenvalue weighted by molar-refractivity contribution is 5.33. The van der Waals surface area contributed by atoms with Gasteiger partial charge >= 0.3 is 0 Å². The molecule has 0 spiro atoms. The average Bonchev–Trinajstić information content (AvgIpc) is 3.16. The number of piperidine rings is 1. The van der Waals surface area contributed by atoms with Gasteiger partial charge in [0.05, 0.1) is 6.61 Å². The quantitative estimate of drug-likeness (QED) is 0.815. The molecule has 0 saturated carbocycles. The summed E-state index contributed by atoms with van der Waals surface area (Å²) in [4.78, 5) is 11.6. The fourth-order valence-corrected chi connectivity index (χ4v) is 4.36. The second kappa shape index (κ2) is 8.91. The molecule has 1 aliphatic carbocycles. The Balaban J connectivity index is 1.27. The van der Waals surface area contributed by atoms with E-state index in [0.717, 1.165) is 30.9 Å². The van der Waals surface area contributed by atoms with Crippen molar-refractivity contribution in [1.82, 2.24) is 20.2 Å². The molecule has 1 saturated heterocycles. The first kappa shape index (κ1) is 18.5. The van der Waals surface area contributed by atoms with Crippen LogP contribution in [0.2, 0.25) is 0 Å². The molecule has 27 heavy (non-hydrogen) atoms. The van der Waals surface area contributed by atoms with Crippen LogP contribution in [-0.4, -0.2) is 53.8 Å². The second-order valence-corrected chi connectivity index (χ2v) is 7.80. The molecule has 144 valence electrons. The van der Waals surface area contributed by atoms with Crippen LogP contribution in [0.25, 0.3) is 0 Å². The van der Waals surface area contributed by atoms with Crippen molar-refractivity contribution < 1.29 is 4.74 Å². The van der Waals surface area contributed by atoms with Crippen molar-refractivity contribution in [3.63, 3.8) is 0 Å². The van der Waals surface area contributed by atoms with Gasteiger partial charge in [0, 0.05) is 56.7 Å². The summed E-state index contributed by atoms with van der Waals surface area (Å²) >= 11 is 0. The van der Waals surface area contributed by atoms with Crippen LogP contribution in [0, 0.1) is 0 Å². The molecule has 1 aromatic carbocycles. The number of rotatable bonds is 7. The third kappa shape index (κ3) is 4.72. The maximum atomic E-state index is 5.08. The molecule has 4 rings (SSSR count). The molecule has 0 radical (unpaired) electrons. The van der Waals surface area contributed by atoms with Crippen LogP contribution in [0.1, 0.15) is 35.4 Å². The molecule has 5 heteroatoms. The normalized spacial score (nSPS) is 20.7. The predicted molar refractivity (Wildman–Crippen MR) is 107 cm³/mol. The Morgan fingerprint density at radius 2 is 1.89 bits per heavy atom. The molecule has 2 aromatic rings. The Labute approximate surface area is 162 Å². The minimum atomic E-state index is 0.552. The number of nitrogens with zero attached hydrogens (tertiary/aromatic N) is 3. The van der Waals surface area contributed by atoms with E-state index in [-0.39, 0.29) is 0 Å². The van der Waals surface area contributed by atoms with Gasteiger partial charge < -0.3 is 10.1 Å². The van der Waals surface area contributed by atoms with Crippen LogP contribution < -0.4 is 5.32 Å². The fraction of sp³-hybridized carbons (Fsp3) is 0.545. The predicted octanol–water partition coefficient (Wildman–Crippen LogP) is 2.39. The van der Waals surface area contributed by atoms with E-state index in [9.17, 15) is 0 Å². The molecule has 0 bridgehead atoms. The molecular weight excluding hydrogens is 336 g/mol. The highest BCUT2D eigenvalue weighted by atomic mass is 16.5. The number of likely N-dealkylation sites (tertiary alicyclic amines) is 1. The van der Waals surface area contributed by atoms with Gasteiger partial charge in [-0.1, -0.05) is 24.3 Å². The molecule has 0 amide bonds. The molecule has 5 nitrogen and oxygen atoms in total. The molecular formula is C22H30N4O. The summed E-state index contributed by atoms with van der Waals surface area (Å²) in [5, 5.41) is 3.73. The van der Waals surface area contributed by atoms with E-state index in [2.05, 4.69) is 44.5 Å². The molecule has 1 N–H and O–H groups in total. The van der Waals surface area contributed by atoms with Crippen LogP contribution >= 0.6 is 0 Å². The lowest BCUT2D eigenvalue weighted by atomic mass is 10.0. The zero-order valence-corrected chi connectivity index (χ0v) is 16.2. The second-order valence-electron chi connectivity index (χ2n) is 7.80. The van der Waals surface area contributed by atoms with Crippen molar-refractivity contribution in [1.29, 1.82) is 0 Å². The number of methoxy groups -OCH3 is 1. The summed E-state index contributed by atoms with van der Waals surface area (Å²) in [6.07, 6.45) is 9.60. The molecule has 1 aliphatic heterocycles. The molecule has 1 atom stereocenters. The van der Waals surface area contributed by atoms with Gasteiger partial charge in [-0.05, 0) is 43.4 Å². The minimum absolute atomic E-state index is 0.552. The summed E-state index contributed by atoms with van der Waals surface area (Å²) in [5.41, 5.74) is 4.24. The van der Waals surface area contributed by atoms with Gasteiger partial charge in [-0.15, -0.1) is 0 Å². The van der Waals surface area contributed by atoms with Gasteiger partial charge in [0.15, 0.2) is 0 Å². The number of hydrogen-bond acceptors (Lipinski definition) is 5. The lowest BCUT2D eigenvalue weighted by Gasteiger charge is -2.37. The Morgan fingerprint density at radius 3 is 2.59 bits per heavy atom. The smallest absolute Gasteiger partial charge is 0.130 e. The van der Waals surface area contributed by atoms with Crippen LogP contribution in [0.4, 0.5) is 0 Å². The third-order valence-corrected chi connectivity index (χ3v) is 5.88. The van der Waals surface area contributed by atoms with Gasteiger partial charge in [0.2, 0.25) is 0 Å². The number of aromatic nitrogens is 2. The largest absolute Gasteiger partial charge is 0.384 e. The Hall–Kier alpha value is -1.82. The number of nitrogens with one attached hydrogen (secondary N) is 1. The first-order valence-electron chi connectivity index (χ1n) is 10.1. The standard InChI is InChI=1S/C22H30N4O/c1-27-10-8-22-24-14-17(15-25-22)13-23-20-7-4-9-26(16-20)21-11-18-5-2-3-6-19(18)12-21/h2-3,5-6,14-15,20-21,23H,4,7-13,16H2,1H3/t20-/m0/s1. The van der Waals surface area contributed by atoms with Crippen molar-refractivity contribution in [2.24, 2.45) is 0 Å². The zero-order chi connectivity index (χ0) is 18.5. The lowest BCUT2D eigenvalue weighted by Crippen LogP contribution is -2.49. The van der Waals surface area contributed by atoms with E-state index >= 15 is 0 Å². The van der Waals surface area contributed by atoms with Crippen LogP contribution in [0.3, 0.4) is 0 Å². The van der Waals surface area contributed by atoms with Crippen molar-refractivity contribution in [3.8, 4) is 0 Å². The number of hydrogen-bond donors (Lipinski definition) is 1. The monoisotopic (exact) mass is 366 g/mol. The number of benzene rings is 1. The van der Waals surface area contributed by atoms with Gasteiger partial charge in [0.25, 0.3) is 0 Å². The lowest BCUT2D eigenvalue weighted by molar-refractivity contribution is 0.140. The third-order valence-electron chi connectivity index (χ3n) is 5.88. The van der Waals surface area contributed by atoms with Crippen molar-refractivity contribution in [3.05, 3.63) is 59.2 Å². The van der Waals surface area contributed by atoms with Gasteiger partial charge in [-0.25, -0.2) is 9.97 Å². The molecule has 2 heterocycles. The van der Waals surface area contributed by atoms with E-state index in [4.69, 9.17) is 4.74 Å². The fourth-order valence-electron chi connectivity index (χ4n) is 4.36. The molecule has 2 aliphatic rings. The van der Waals surface area contributed by atoms with Gasteiger partial charge in [0.1, 0.15) is 5.82 Å². The Kier molecular flexibility index (Phi) is 6.12. The van der Waals surface area contributed by atoms with Crippen LogP contribution in [0.15, 0.2) is 36.7 Å². The minimum Gasteiger partial charge on any atom is -0.384 e. The average molecular weight is 367 g/mol. The number of fused-ring (bicyclic) bond motifs is 1. The Morgan fingerprint density at radius 1 is 1.15 bits per heavy atom. The van der Waals surface area contributed by atoms with E-state index in [1.54, 1.807) is 18.2 Å². The summed E-state index contributed by atoms with van der Waals surface area (Å²) in [6.45, 7) is 3.88. The van der Waals surface area contributed by atoms with Gasteiger partial charge in [-0.2, -0.15) is 0 Å². The first-order valence-corrected chi connectivity index (χ1v) is 10.1. The van der Waals surface area contributed by atoms with E-state index < -0.39 is 0 Å². The Bertz CT molecular complexity index is 708. The highest BCUT2D eigenvalue weighted by Gasteiger charge is 2.30. The van der Waals surface area contributed by atoms with Crippen molar-refractivity contribution in [2.75, 3.05) is 26.8 Å². The molecule has 1 aromatic heterocycles. The summed E-state index contributed by atoms with van der Waals surface area (Å²) < 4.78 is 5.08. The van der Waals surface area contributed by atoms with Crippen LogP contribution in [-0.2, 0) is 30.5 Å². The number of ether oxygens (including phenoxy) is 1. The maximum Gasteiger partial charge on any atom is 0.130 e. The van der Waals surface area contributed by atoms with Crippen molar-refractivity contribution >= 4 is 0 Å². The maximum absolute atomic E-state index is 5.08. The van der Waals surface area contributed by atoms with Gasteiger partial charge in [-0.3, -0.25) is 4.90 Å². The first-order chi connectivity index (χ1) is 13.3. The zero-order valence-electron chi connectivity index (χ0n) is 16.2. The van der Waals surface area contributed by atoms with E-state index in [1.807, 2.05) is 12.4 Å². The van der Waals surface area contributed by atoms with E-state index in [1.165, 1.54) is 32.2 Å². The SMILES string of the molecule is COCCc1ncc(CN[C@H]2CCCN(C3Cc4ccccc4C3)C2)cn1. The van der Waals surface area contributed by atoms with E-state index in [0.29, 0.717) is 18.7 Å². The molecule has 0 unspecified atom stereocenters. The molecule has 1 fully saturated rings. The van der Waals surface area contributed by atoms with Crippen molar-refractivity contribution in [2.45, 2.75) is 50.7 Å². The summed E-state index contributed by atoms with van der Waals surface area (Å²) in [6, 6.07) is 10.2. The topological polar surface area (TPSA) is 50.3 Å².